The van der Waals surface area contributed by atoms with E-state index in [0.717, 1.165) is 11.8 Å². The smallest absolute Gasteiger partial charge is 0.410 e. The summed E-state index contributed by atoms with van der Waals surface area (Å²) >= 11 is 0. The van der Waals surface area contributed by atoms with Gasteiger partial charge in [0.2, 0.25) is 12.0 Å². The van der Waals surface area contributed by atoms with Crippen molar-refractivity contribution >= 4 is 92.3 Å². The van der Waals surface area contributed by atoms with E-state index in [-0.39, 0.29) is 144 Å². The molecule has 688 valence electrons. The lowest BCUT2D eigenvalue weighted by atomic mass is 9.88. The molecule has 33 nitrogen and oxygen atoms in total. The third-order valence-electron chi connectivity index (χ3n) is 18.4. The Kier molecular flexibility index (Phi) is 38.8. The Balaban J connectivity index is 0.000000431. The molecule has 0 radical (unpaired) electrons. The van der Waals surface area contributed by atoms with E-state index in [1.807, 2.05) is 143 Å². The largest absolute Gasteiger partial charge is 0.493 e. The van der Waals surface area contributed by atoms with Crippen molar-refractivity contribution < 1.29 is 100 Å². The van der Waals surface area contributed by atoms with Crippen LogP contribution in [0.2, 0.25) is 0 Å². The maximum atomic E-state index is 13.1. The molecule has 2 N–H and O–H groups in total. The quantitative estimate of drug-likeness (QED) is 0.0129. The van der Waals surface area contributed by atoms with Gasteiger partial charge in [0.15, 0.2) is 35.4 Å². The van der Waals surface area contributed by atoms with E-state index in [9.17, 15) is 78.3 Å². The maximum Gasteiger partial charge on any atom is 0.410 e. The number of fused-ring (bicyclic) bond motifs is 2. The molecule has 2 heterocycles. The summed E-state index contributed by atoms with van der Waals surface area (Å²) in [4.78, 5) is 161. The number of nitrogens with zero attached hydrogens (tertiary/aromatic N) is 6. The summed E-state index contributed by atoms with van der Waals surface area (Å²) in [5.41, 5.74) is -2.06. The second-order valence-corrected chi connectivity index (χ2v) is 38.8. The Labute approximate surface area is 728 Å². The number of carbonyl (C=O) groups excluding carboxylic acids is 9. The minimum Gasteiger partial charge on any atom is -0.493 e. The van der Waals surface area contributed by atoms with Crippen LogP contribution in [0.5, 0.6) is 28.7 Å². The van der Waals surface area contributed by atoms with Crippen molar-refractivity contribution in [2.24, 2.45) is 21.7 Å². The van der Waals surface area contributed by atoms with Gasteiger partial charge in [0.25, 0.3) is 28.9 Å². The Morgan fingerprint density at radius 2 is 1.06 bits per heavy atom. The molecule has 1 aliphatic rings. The normalized spacial score (nSPS) is 12.8. The van der Waals surface area contributed by atoms with Crippen LogP contribution in [0.3, 0.4) is 0 Å². The van der Waals surface area contributed by atoms with Gasteiger partial charge in [-0.2, -0.15) is 0 Å². The van der Waals surface area contributed by atoms with Crippen LogP contribution in [-0.4, -0.2) is 157 Å². The molecular formula is C91H134N8O25. The molecule has 6 rings (SSSR count). The highest BCUT2D eigenvalue weighted by atomic mass is 16.6. The first-order valence-electron chi connectivity index (χ1n) is 41.2. The van der Waals surface area contributed by atoms with Crippen LogP contribution in [0.25, 0.3) is 11.0 Å². The van der Waals surface area contributed by atoms with Gasteiger partial charge in [-0.15, -0.1) is 0 Å². The molecule has 124 heavy (non-hydrogen) atoms. The maximum absolute atomic E-state index is 13.1. The summed E-state index contributed by atoms with van der Waals surface area (Å²) < 4.78 is 49.2. The highest BCUT2D eigenvalue weighted by molar-refractivity contribution is 6.01. The second-order valence-electron chi connectivity index (χ2n) is 38.8. The van der Waals surface area contributed by atoms with Crippen molar-refractivity contribution in [3.63, 3.8) is 0 Å². The van der Waals surface area contributed by atoms with Gasteiger partial charge in [-0.1, -0.05) is 83.1 Å². The zero-order chi connectivity index (χ0) is 95.1. The van der Waals surface area contributed by atoms with Gasteiger partial charge in [-0.05, 0) is 151 Å². The van der Waals surface area contributed by atoms with E-state index >= 15 is 0 Å². The number of ether oxygens (including phenoxy) is 8. The molecule has 4 aromatic carbocycles. The standard InChI is InChI=1S/C28H39NO6.C24H37N3O8.C22H31N3O6.C17H27NO5/c1-27(2,3)16-21(30)17-29(7)20-12-13-22-19(14-26(33)35-23(22)15-20)18-34-25(32)11-9-8-10-24(31)28(4,5)6;1-23(2,3)19(28)11-10-12-26(7)22(30)35-20(21(29)25-24(4,5)6)15-13-17(33-8)18(34-9)14-16(15)27(31)32;1-21(2,3)17(26)9-10-19(28)24-12-11-14-16(8-7-15(20(14)24)25(29)30)31-13-18(27)23-22(4,5)6;1-11(22-16(2,3)4)12-9-14(21-8)15(23-17(5,6)7)10-13(12)18(19)20/h12-15H,8-11,16-18H2,1-7H3;13-14,20H,10-12H2,1-9H3,(H,25,29);7-8H,9-13H2,1-6H3,(H,23,27);9-11H,1-8H3. The third-order valence-corrected chi connectivity index (χ3v) is 18.4. The molecule has 0 saturated carbocycles. The molecule has 0 fully saturated rings. The van der Waals surface area contributed by atoms with Crippen molar-refractivity contribution in [1.82, 2.24) is 15.5 Å². The van der Waals surface area contributed by atoms with Crippen LogP contribution in [0.15, 0.2) is 69.9 Å². The van der Waals surface area contributed by atoms with Crippen molar-refractivity contribution in [1.29, 1.82) is 0 Å². The SMILES string of the molecule is CC(C)(C)NC(=O)COc1ccc([N+](=O)[O-])c2c1CCN2C(=O)CCC(=O)C(C)(C)C.CN(CC(=O)CC(C)(C)C)c1ccc2c(COC(=O)CCCCC(=O)C(C)(C)C)cc(=O)oc2c1.COc1cc(C(C)OC(C)(C)C)c([N+](=O)[O-])cc1OC(C)(C)C.COc1cc(C(OC(=O)N(C)CCCC(=O)C(C)(C)C)C(=O)NC(C)(C)C)c([N+](=O)[O-])cc1OC. The van der Waals surface area contributed by atoms with Crippen LogP contribution in [0, 0.1) is 52.0 Å². The van der Waals surface area contributed by atoms with E-state index in [0.29, 0.717) is 83.4 Å². The lowest BCUT2D eigenvalue weighted by Gasteiger charge is -2.27. The number of ketones is 4. The average Bonchev–Trinajstić information content (AvgIpc) is 1.72. The molecular weight excluding hydrogens is 1610 g/mol. The Morgan fingerprint density at radius 3 is 1.57 bits per heavy atom. The number of benzene rings is 4. The van der Waals surface area contributed by atoms with Crippen molar-refractivity contribution in [2.75, 3.05) is 71.5 Å². The molecule has 4 amide bonds. The number of anilines is 2. The summed E-state index contributed by atoms with van der Waals surface area (Å²) in [6.45, 7) is 46.8. The van der Waals surface area contributed by atoms with Gasteiger partial charge in [0.1, 0.15) is 46.6 Å². The number of hydrogen-bond acceptors (Lipinski definition) is 26. The van der Waals surface area contributed by atoms with Gasteiger partial charge in [0.05, 0.1) is 77.6 Å². The second kappa shape index (κ2) is 45.0. The number of methoxy groups -OCH3 is 3. The topological polar surface area (TPSA) is 421 Å². The highest BCUT2D eigenvalue weighted by Gasteiger charge is 2.39. The van der Waals surface area contributed by atoms with Gasteiger partial charge in [0, 0.05) is 133 Å². The number of unbranched alkanes of at least 4 members (excludes halogenated alkanes) is 1. The lowest BCUT2D eigenvalue weighted by molar-refractivity contribution is -0.386. The minimum absolute atomic E-state index is 0.0221. The molecule has 33 heteroatoms. The number of Topliss-reactive ketones (excluding diaryl/α,β-unsaturated/α-hetero) is 4. The summed E-state index contributed by atoms with van der Waals surface area (Å²) in [5, 5.41) is 41.0. The number of nitrogens with one attached hydrogen (secondary N) is 2. The van der Waals surface area contributed by atoms with Crippen LogP contribution < -0.4 is 49.7 Å². The van der Waals surface area contributed by atoms with Crippen molar-refractivity contribution in [3.05, 3.63) is 124 Å². The predicted octanol–water partition coefficient (Wildman–Crippen LogP) is 17.3. The molecule has 0 saturated heterocycles. The van der Waals surface area contributed by atoms with Crippen molar-refractivity contribution in [2.45, 2.75) is 278 Å². The zero-order valence-electron chi connectivity index (χ0n) is 78.4. The number of nitro groups is 3. The summed E-state index contributed by atoms with van der Waals surface area (Å²) in [5.74, 6) is -0.0963. The van der Waals surface area contributed by atoms with E-state index in [2.05, 4.69) is 10.6 Å². The Hall–Kier alpha value is -11.1. The molecule has 2 atom stereocenters. The predicted molar refractivity (Wildman–Crippen MR) is 473 cm³/mol. The molecule has 0 spiro atoms. The fourth-order valence-corrected chi connectivity index (χ4v) is 12.4. The number of carbonyl (C=O) groups is 9. The molecule has 2 unspecified atom stereocenters. The molecule has 0 aliphatic carbocycles. The number of hydrogen-bond donors (Lipinski definition) is 2. The highest BCUT2D eigenvalue weighted by Crippen LogP contribution is 2.45. The van der Waals surface area contributed by atoms with Crippen LogP contribution in [0.4, 0.5) is 33.2 Å². The number of rotatable bonds is 33. The van der Waals surface area contributed by atoms with Gasteiger partial charge < -0.3 is 67.6 Å². The van der Waals surface area contributed by atoms with Crippen LogP contribution in [0.1, 0.15) is 265 Å². The van der Waals surface area contributed by atoms with E-state index in [4.69, 9.17) is 42.3 Å². The fraction of sp³-hybridized carbons (Fsp3) is 0.604. The minimum atomic E-state index is -1.64. The average molecular weight is 1740 g/mol. The van der Waals surface area contributed by atoms with Crippen LogP contribution >= 0.6 is 0 Å². The summed E-state index contributed by atoms with van der Waals surface area (Å²) in [7, 11) is 7.46. The van der Waals surface area contributed by atoms with Gasteiger partial charge in [-0.3, -0.25) is 68.7 Å². The third kappa shape index (κ3) is 36.0. The first-order valence-corrected chi connectivity index (χ1v) is 41.2. The molecule has 1 aromatic heterocycles. The number of esters is 1. The molecule has 0 bridgehead atoms. The first kappa shape index (κ1) is 107. The molecule has 1 aliphatic heterocycles. The van der Waals surface area contributed by atoms with E-state index < -0.39 is 83.4 Å². The Morgan fingerprint density at radius 1 is 0.565 bits per heavy atom. The Bertz CT molecular complexity index is 4680. The number of likely N-dealkylation sites (N-methyl/N-ethyl adjacent to an activating group) is 1. The lowest BCUT2D eigenvalue weighted by Crippen LogP contribution is -2.45. The van der Waals surface area contributed by atoms with Gasteiger partial charge in [-0.25, -0.2) is 9.59 Å². The first-order chi connectivity index (χ1) is 56.7. The zero-order valence-corrected chi connectivity index (χ0v) is 78.4. The summed E-state index contributed by atoms with van der Waals surface area (Å²) in [6, 6.07) is 14.8. The van der Waals surface area contributed by atoms with E-state index in [1.165, 1.54) is 68.5 Å². The van der Waals surface area contributed by atoms with Crippen LogP contribution in [-0.2, 0) is 65.6 Å². The fourth-order valence-electron chi connectivity index (χ4n) is 12.4. The number of amides is 4. The number of nitro benzene ring substituents is 3. The van der Waals surface area contributed by atoms with E-state index in [1.54, 1.807) is 66.7 Å². The van der Waals surface area contributed by atoms with Gasteiger partial charge >= 0.3 is 17.7 Å². The molecule has 5 aromatic rings. The van der Waals surface area contributed by atoms with Crippen molar-refractivity contribution in [3.8, 4) is 28.7 Å². The summed E-state index contributed by atoms with van der Waals surface area (Å²) in [6.07, 6.45) is 0.479. The monoisotopic (exact) mass is 1740 g/mol.